The SMILES string of the molecule is CCOc1ccc(NC(=O)CN2CCC(N(C)CCCO)CC2)cc1. The fourth-order valence-corrected chi connectivity index (χ4v) is 3.23. The maximum absolute atomic E-state index is 12.2. The number of hydrogen-bond donors (Lipinski definition) is 2. The number of carbonyl (C=O) groups is 1. The van der Waals surface area contributed by atoms with E-state index in [1.807, 2.05) is 31.2 Å². The van der Waals surface area contributed by atoms with Crippen molar-refractivity contribution < 1.29 is 14.6 Å². The lowest BCUT2D eigenvalue weighted by Gasteiger charge is -2.36. The van der Waals surface area contributed by atoms with Crippen molar-refractivity contribution >= 4 is 11.6 Å². The summed E-state index contributed by atoms with van der Waals surface area (Å²) in [4.78, 5) is 16.8. The predicted molar refractivity (Wildman–Crippen MR) is 100 cm³/mol. The molecule has 140 valence electrons. The highest BCUT2D eigenvalue weighted by Crippen LogP contribution is 2.17. The van der Waals surface area contributed by atoms with Crippen molar-refractivity contribution in [3.63, 3.8) is 0 Å². The summed E-state index contributed by atoms with van der Waals surface area (Å²) >= 11 is 0. The third-order valence-corrected chi connectivity index (χ3v) is 4.67. The van der Waals surface area contributed by atoms with Gasteiger partial charge in [-0.05, 0) is 57.5 Å². The second kappa shape index (κ2) is 10.4. The Morgan fingerprint density at radius 1 is 1.32 bits per heavy atom. The van der Waals surface area contributed by atoms with E-state index in [4.69, 9.17) is 9.84 Å². The summed E-state index contributed by atoms with van der Waals surface area (Å²) in [6, 6.07) is 8.02. The molecule has 0 atom stereocenters. The minimum Gasteiger partial charge on any atom is -0.494 e. The summed E-state index contributed by atoms with van der Waals surface area (Å²) in [6.45, 7) is 6.06. The number of rotatable bonds is 9. The molecule has 2 rings (SSSR count). The van der Waals surface area contributed by atoms with Gasteiger partial charge in [-0.25, -0.2) is 0 Å². The van der Waals surface area contributed by atoms with Crippen LogP contribution in [-0.2, 0) is 4.79 Å². The fourth-order valence-electron chi connectivity index (χ4n) is 3.23. The van der Waals surface area contributed by atoms with E-state index >= 15 is 0 Å². The van der Waals surface area contributed by atoms with Crippen molar-refractivity contribution in [3.8, 4) is 5.75 Å². The maximum atomic E-state index is 12.2. The van der Waals surface area contributed by atoms with Gasteiger partial charge in [-0.15, -0.1) is 0 Å². The van der Waals surface area contributed by atoms with E-state index in [-0.39, 0.29) is 12.5 Å². The zero-order valence-corrected chi connectivity index (χ0v) is 15.4. The molecule has 0 spiro atoms. The van der Waals surface area contributed by atoms with Gasteiger partial charge in [0.2, 0.25) is 5.91 Å². The smallest absolute Gasteiger partial charge is 0.238 e. The van der Waals surface area contributed by atoms with Crippen LogP contribution in [0.5, 0.6) is 5.75 Å². The van der Waals surface area contributed by atoms with Crippen molar-refractivity contribution in [1.82, 2.24) is 9.80 Å². The second-order valence-electron chi connectivity index (χ2n) is 6.57. The van der Waals surface area contributed by atoms with Crippen molar-refractivity contribution in [1.29, 1.82) is 0 Å². The number of amides is 1. The topological polar surface area (TPSA) is 65.0 Å². The van der Waals surface area contributed by atoms with Crippen LogP contribution in [0, 0.1) is 0 Å². The van der Waals surface area contributed by atoms with Gasteiger partial charge in [0.25, 0.3) is 0 Å². The number of piperidine rings is 1. The van der Waals surface area contributed by atoms with Gasteiger partial charge in [-0.3, -0.25) is 9.69 Å². The summed E-state index contributed by atoms with van der Waals surface area (Å²) in [5, 5.41) is 11.9. The summed E-state index contributed by atoms with van der Waals surface area (Å²) in [7, 11) is 2.12. The first-order valence-corrected chi connectivity index (χ1v) is 9.18. The van der Waals surface area contributed by atoms with Crippen molar-refractivity contribution in [2.24, 2.45) is 0 Å². The molecule has 1 aromatic carbocycles. The normalized spacial score (nSPS) is 16.2. The van der Waals surface area contributed by atoms with E-state index in [9.17, 15) is 4.79 Å². The molecule has 25 heavy (non-hydrogen) atoms. The third kappa shape index (κ3) is 6.65. The molecule has 0 unspecified atom stereocenters. The number of aliphatic hydroxyl groups is 1. The molecule has 1 amide bonds. The number of aliphatic hydroxyl groups excluding tert-OH is 1. The van der Waals surface area contributed by atoms with Gasteiger partial charge in [-0.1, -0.05) is 0 Å². The van der Waals surface area contributed by atoms with E-state index in [1.54, 1.807) is 0 Å². The van der Waals surface area contributed by atoms with Crippen molar-refractivity contribution in [2.75, 3.05) is 51.8 Å². The molecule has 1 aliphatic heterocycles. The van der Waals surface area contributed by atoms with Crippen LogP contribution in [0.1, 0.15) is 26.2 Å². The average Bonchev–Trinajstić information content (AvgIpc) is 2.62. The Bertz CT molecular complexity index is 513. The molecule has 1 heterocycles. The highest BCUT2D eigenvalue weighted by Gasteiger charge is 2.23. The third-order valence-electron chi connectivity index (χ3n) is 4.67. The van der Waals surface area contributed by atoms with Crippen LogP contribution in [0.2, 0.25) is 0 Å². The number of likely N-dealkylation sites (tertiary alicyclic amines) is 1. The van der Waals surface area contributed by atoms with E-state index in [0.29, 0.717) is 19.2 Å². The van der Waals surface area contributed by atoms with E-state index in [0.717, 1.165) is 50.3 Å². The molecule has 1 saturated heterocycles. The molecule has 0 bridgehead atoms. The van der Waals surface area contributed by atoms with Gasteiger partial charge in [0.1, 0.15) is 5.75 Å². The molecule has 1 aliphatic rings. The van der Waals surface area contributed by atoms with Gasteiger partial charge in [0.05, 0.1) is 13.2 Å². The number of nitrogens with one attached hydrogen (secondary N) is 1. The van der Waals surface area contributed by atoms with Crippen LogP contribution in [0.4, 0.5) is 5.69 Å². The van der Waals surface area contributed by atoms with E-state index in [2.05, 4.69) is 22.2 Å². The molecule has 0 aromatic heterocycles. The second-order valence-corrected chi connectivity index (χ2v) is 6.57. The number of hydrogen-bond acceptors (Lipinski definition) is 5. The zero-order chi connectivity index (χ0) is 18.1. The number of ether oxygens (including phenoxy) is 1. The van der Waals surface area contributed by atoms with Crippen LogP contribution in [0.3, 0.4) is 0 Å². The summed E-state index contributed by atoms with van der Waals surface area (Å²) in [6.07, 6.45) is 2.96. The van der Waals surface area contributed by atoms with Gasteiger partial charge < -0.3 is 20.1 Å². The Labute approximate surface area is 150 Å². The van der Waals surface area contributed by atoms with Crippen LogP contribution in [0.25, 0.3) is 0 Å². The Morgan fingerprint density at radius 3 is 2.60 bits per heavy atom. The largest absolute Gasteiger partial charge is 0.494 e. The molecule has 2 N–H and O–H groups in total. The Hall–Kier alpha value is -1.63. The standard InChI is InChI=1S/C19H31N3O3/c1-3-25-18-7-5-16(6-8-18)20-19(24)15-22-12-9-17(10-13-22)21(2)11-4-14-23/h5-8,17,23H,3-4,9-15H2,1-2H3,(H,20,24). The monoisotopic (exact) mass is 349 g/mol. The Morgan fingerprint density at radius 2 is 2.00 bits per heavy atom. The first-order chi connectivity index (χ1) is 12.1. The Kier molecular flexibility index (Phi) is 8.18. The van der Waals surface area contributed by atoms with E-state index in [1.165, 1.54) is 0 Å². The minimum absolute atomic E-state index is 0.0243. The molecule has 6 nitrogen and oxygen atoms in total. The highest BCUT2D eigenvalue weighted by atomic mass is 16.5. The number of benzene rings is 1. The Balaban J connectivity index is 1.71. The first kappa shape index (κ1) is 19.7. The van der Waals surface area contributed by atoms with Gasteiger partial charge in [0.15, 0.2) is 0 Å². The molecule has 6 heteroatoms. The maximum Gasteiger partial charge on any atom is 0.238 e. The molecule has 1 fully saturated rings. The lowest BCUT2D eigenvalue weighted by Crippen LogP contribution is -2.45. The molecular formula is C19H31N3O3. The number of anilines is 1. The quantitative estimate of drug-likeness (QED) is 0.712. The summed E-state index contributed by atoms with van der Waals surface area (Å²) in [5.74, 6) is 0.837. The van der Waals surface area contributed by atoms with E-state index < -0.39 is 0 Å². The van der Waals surface area contributed by atoms with Crippen LogP contribution >= 0.6 is 0 Å². The molecule has 0 saturated carbocycles. The fraction of sp³-hybridized carbons (Fsp3) is 0.632. The first-order valence-electron chi connectivity index (χ1n) is 9.18. The molecule has 0 radical (unpaired) electrons. The molecule has 0 aliphatic carbocycles. The lowest BCUT2D eigenvalue weighted by molar-refractivity contribution is -0.117. The lowest BCUT2D eigenvalue weighted by atomic mass is 10.0. The highest BCUT2D eigenvalue weighted by molar-refractivity contribution is 5.92. The van der Waals surface area contributed by atoms with Crippen LogP contribution in [0.15, 0.2) is 24.3 Å². The molecule has 1 aromatic rings. The minimum atomic E-state index is 0.0243. The number of nitrogens with zero attached hydrogens (tertiary/aromatic N) is 2. The zero-order valence-electron chi connectivity index (χ0n) is 15.4. The summed E-state index contributed by atoms with van der Waals surface area (Å²) < 4.78 is 5.40. The predicted octanol–water partition coefficient (Wildman–Crippen LogP) is 1.80. The van der Waals surface area contributed by atoms with Crippen molar-refractivity contribution in [3.05, 3.63) is 24.3 Å². The van der Waals surface area contributed by atoms with Crippen molar-refractivity contribution in [2.45, 2.75) is 32.2 Å². The van der Waals surface area contributed by atoms with Crippen LogP contribution in [-0.4, -0.2) is 73.3 Å². The van der Waals surface area contributed by atoms with Crippen LogP contribution < -0.4 is 10.1 Å². The van der Waals surface area contributed by atoms with Gasteiger partial charge in [0, 0.05) is 38.0 Å². The summed E-state index contributed by atoms with van der Waals surface area (Å²) in [5.41, 5.74) is 0.798. The van der Waals surface area contributed by atoms with Gasteiger partial charge >= 0.3 is 0 Å². The van der Waals surface area contributed by atoms with Gasteiger partial charge in [-0.2, -0.15) is 0 Å². The average molecular weight is 349 g/mol. The number of carbonyl (C=O) groups excluding carboxylic acids is 1. The molecular weight excluding hydrogens is 318 g/mol.